The van der Waals surface area contributed by atoms with Gasteiger partial charge in [-0.2, -0.15) is 12.6 Å². The van der Waals surface area contributed by atoms with Crippen molar-refractivity contribution in [2.24, 2.45) is 10.9 Å². The number of carbonyl (C=O) groups excluding carboxylic acids is 2. The van der Waals surface area contributed by atoms with E-state index in [0.717, 1.165) is 6.07 Å². The summed E-state index contributed by atoms with van der Waals surface area (Å²) < 4.78 is 19.3. The van der Waals surface area contributed by atoms with Gasteiger partial charge in [-0.15, -0.1) is 0 Å². The molecule has 1 unspecified atom stereocenters. The summed E-state index contributed by atoms with van der Waals surface area (Å²) in [5.74, 6) is -1.22. The number of amides is 2. The van der Waals surface area contributed by atoms with Crippen molar-refractivity contribution < 1.29 is 23.6 Å². The number of nitrogens with two attached hydrogens (primary N) is 1. The van der Waals surface area contributed by atoms with Crippen molar-refractivity contribution in [3.63, 3.8) is 0 Å². The molecule has 0 radical (unpaired) electrons. The molecule has 2 rings (SSSR count). The first-order valence-corrected chi connectivity index (χ1v) is 7.59. The van der Waals surface area contributed by atoms with Gasteiger partial charge in [0.1, 0.15) is 12.9 Å². The van der Waals surface area contributed by atoms with Crippen molar-refractivity contribution in [3.05, 3.63) is 29.6 Å². The topological polar surface area (TPSA) is 106 Å². The highest BCUT2D eigenvalue weighted by Gasteiger charge is 2.40. The molecule has 3 N–H and O–H groups in total. The number of carbonyl (C=O) groups is 2. The first-order chi connectivity index (χ1) is 11.4. The summed E-state index contributed by atoms with van der Waals surface area (Å²) in [5, 5.41) is 5.98. The molecule has 8 nitrogen and oxygen atoms in total. The molecular formula is C14H17FN4O4S. The van der Waals surface area contributed by atoms with E-state index < -0.39 is 24.2 Å². The van der Waals surface area contributed by atoms with Crippen LogP contribution in [-0.4, -0.2) is 43.0 Å². The maximum atomic E-state index is 14.2. The van der Waals surface area contributed by atoms with Crippen LogP contribution < -0.4 is 16.0 Å². The number of cyclic esters (lactones) is 1. The lowest BCUT2D eigenvalue weighted by molar-refractivity contribution is -0.121. The van der Waals surface area contributed by atoms with Crippen LogP contribution in [0.3, 0.4) is 0 Å². The molecular weight excluding hydrogens is 339 g/mol. The molecule has 1 aliphatic heterocycles. The molecule has 0 spiro atoms. The second-order valence-corrected chi connectivity index (χ2v) is 5.28. The van der Waals surface area contributed by atoms with E-state index in [1.54, 1.807) is 6.92 Å². The number of halogens is 1. The minimum Gasteiger partial charge on any atom is -0.423 e. The molecule has 130 valence electrons. The van der Waals surface area contributed by atoms with Gasteiger partial charge in [0.25, 0.3) is 0 Å². The number of ether oxygens (including phenoxy) is 1. The van der Waals surface area contributed by atoms with Crippen molar-refractivity contribution >= 4 is 36.2 Å². The van der Waals surface area contributed by atoms with Crippen LogP contribution in [-0.2, 0) is 14.4 Å². The van der Waals surface area contributed by atoms with Crippen molar-refractivity contribution in [2.45, 2.75) is 19.2 Å². The Morgan fingerprint density at radius 3 is 2.88 bits per heavy atom. The van der Waals surface area contributed by atoms with Crippen LogP contribution in [0.25, 0.3) is 0 Å². The monoisotopic (exact) mass is 356 g/mol. The molecule has 1 fully saturated rings. The number of benzene rings is 1. The molecule has 0 aliphatic carbocycles. The summed E-state index contributed by atoms with van der Waals surface area (Å²) in [6.45, 7) is 1.67. The first-order valence-electron chi connectivity index (χ1n) is 6.95. The van der Waals surface area contributed by atoms with Gasteiger partial charge in [-0.3, -0.25) is 9.69 Å². The zero-order valence-corrected chi connectivity index (χ0v) is 13.9. The number of nitrogens with zero attached hydrogens (tertiary/aromatic N) is 2. The van der Waals surface area contributed by atoms with Crippen molar-refractivity contribution in [2.75, 3.05) is 17.8 Å². The Morgan fingerprint density at radius 1 is 1.58 bits per heavy atom. The average molecular weight is 356 g/mol. The Labute approximate surface area is 143 Å². The van der Waals surface area contributed by atoms with Crippen LogP contribution in [0.1, 0.15) is 12.5 Å². The third-order valence-electron chi connectivity index (χ3n) is 3.41. The number of amidine groups is 1. The van der Waals surface area contributed by atoms with Crippen LogP contribution in [0.2, 0.25) is 0 Å². The summed E-state index contributed by atoms with van der Waals surface area (Å²) >= 11 is 3.84. The van der Waals surface area contributed by atoms with Crippen molar-refractivity contribution in [1.29, 1.82) is 0 Å². The number of thiol groups is 1. The van der Waals surface area contributed by atoms with Crippen LogP contribution in [0, 0.1) is 5.82 Å². The Bertz CT molecular complexity index is 685. The molecule has 10 heteroatoms. The fraction of sp³-hybridized carbons (Fsp3) is 0.357. The van der Waals surface area contributed by atoms with E-state index in [1.165, 1.54) is 24.1 Å². The van der Waals surface area contributed by atoms with Crippen LogP contribution >= 0.6 is 12.6 Å². The highest BCUT2D eigenvalue weighted by molar-refractivity contribution is 7.81. The third kappa shape index (κ3) is 3.53. The molecule has 24 heavy (non-hydrogen) atoms. The van der Waals surface area contributed by atoms with Crippen LogP contribution in [0.5, 0.6) is 0 Å². The maximum Gasteiger partial charge on any atom is 0.416 e. The second kappa shape index (κ2) is 7.39. The van der Waals surface area contributed by atoms with Gasteiger partial charge in [0, 0.05) is 0 Å². The summed E-state index contributed by atoms with van der Waals surface area (Å²) in [4.78, 5) is 29.2. The predicted molar refractivity (Wildman–Crippen MR) is 88.3 cm³/mol. The molecule has 0 bridgehead atoms. The minimum atomic E-state index is -0.847. The lowest BCUT2D eigenvalue weighted by Crippen LogP contribution is -2.44. The predicted octanol–water partition coefficient (Wildman–Crippen LogP) is 0.810. The maximum absolute atomic E-state index is 14.2. The molecule has 1 saturated heterocycles. The fourth-order valence-electron chi connectivity index (χ4n) is 2.27. The standard InChI is InChI=1S/C14H17FN4O4S/c1-7-13(17-11(20)6-24)23-14(21)19(7)8-3-4-9(10(15)5-8)12(16)18-22-2/h3-5,7,13,24H,6H2,1-2H3,(H2,16,18)(H,17,20)/t7?,13-/m0/s1. The second-order valence-electron chi connectivity index (χ2n) is 4.96. The molecule has 1 heterocycles. The van der Waals surface area contributed by atoms with Crippen molar-refractivity contribution in [1.82, 2.24) is 5.32 Å². The van der Waals surface area contributed by atoms with Gasteiger partial charge < -0.3 is 20.6 Å². The van der Waals surface area contributed by atoms with E-state index in [0.29, 0.717) is 0 Å². The average Bonchev–Trinajstić information content (AvgIpc) is 2.81. The van der Waals surface area contributed by atoms with Gasteiger partial charge in [0.2, 0.25) is 5.91 Å². The Morgan fingerprint density at radius 2 is 2.29 bits per heavy atom. The third-order valence-corrected chi connectivity index (χ3v) is 3.70. The highest BCUT2D eigenvalue weighted by atomic mass is 32.1. The van der Waals surface area contributed by atoms with Gasteiger partial charge in [0.05, 0.1) is 23.0 Å². The Hall–Kier alpha value is -2.49. The summed E-state index contributed by atoms with van der Waals surface area (Å²) in [5.41, 5.74) is 5.89. The number of oxime groups is 1. The lowest BCUT2D eigenvalue weighted by atomic mass is 10.1. The smallest absolute Gasteiger partial charge is 0.416 e. The van der Waals surface area contributed by atoms with Gasteiger partial charge in [-0.25, -0.2) is 9.18 Å². The minimum absolute atomic E-state index is 0.0395. The molecule has 2 amide bonds. The van der Waals surface area contributed by atoms with E-state index in [-0.39, 0.29) is 28.7 Å². The molecule has 1 aromatic carbocycles. The molecule has 1 aromatic rings. The fourth-order valence-corrected chi connectivity index (χ4v) is 2.36. The largest absolute Gasteiger partial charge is 0.423 e. The summed E-state index contributed by atoms with van der Waals surface area (Å²) in [6, 6.07) is 3.48. The zero-order valence-electron chi connectivity index (χ0n) is 13.0. The van der Waals surface area contributed by atoms with E-state index in [9.17, 15) is 14.0 Å². The van der Waals surface area contributed by atoms with Gasteiger partial charge in [0.15, 0.2) is 12.1 Å². The lowest BCUT2D eigenvalue weighted by Gasteiger charge is -2.21. The molecule has 0 saturated carbocycles. The SMILES string of the molecule is CON=C(N)c1ccc(N2C(=O)O[C@H](NC(=O)CS)C2C)cc1F. The van der Waals surface area contributed by atoms with Crippen LogP contribution in [0.4, 0.5) is 14.9 Å². The van der Waals surface area contributed by atoms with E-state index in [4.69, 9.17) is 10.5 Å². The van der Waals surface area contributed by atoms with Gasteiger partial charge in [-0.1, -0.05) is 5.16 Å². The molecule has 1 aliphatic rings. The molecule has 2 atom stereocenters. The number of hydrogen-bond donors (Lipinski definition) is 3. The van der Waals surface area contributed by atoms with Crippen LogP contribution in [0.15, 0.2) is 23.4 Å². The van der Waals surface area contributed by atoms with E-state index in [1.807, 2.05) is 0 Å². The number of anilines is 1. The van der Waals surface area contributed by atoms with E-state index >= 15 is 0 Å². The Balaban J connectivity index is 2.25. The molecule has 0 aromatic heterocycles. The number of hydrogen-bond acceptors (Lipinski definition) is 6. The summed E-state index contributed by atoms with van der Waals surface area (Å²) in [7, 11) is 1.29. The first kappa shape index (κ1) is 17.9. The zero-order chi connectivity index (χ0) is 17.9. The van der Waals surface area contributed by atoms with Crippen molar-refractivity contribution in [3.8, 4) is 0 Å². The van der Waals surface area contributed by atoms with Gasteiger partial charge in [-0.05, 0) is 25.1 Å². The number of nitrogens with one attached hydrogen (secondary N) is 1. The van der Waals surface area contributed by atoms with E-state index in [2.05, 4.69) is 27.9 Å². The summed E-state index contributed by atoms with van der Waals surface area (Å²) in [6.07, 6.45) is -1.54. The quantitative estimate of drug-likeness (QED) is 0.313. The normalized spacial score (nSPS) is 20.8. The Kier molecular flexibility index (Phi) is 5.50. The highest BCUT2D eigenvalue weighted by Crippen LogP contribution is 2.27. The van der Waals surface area contributed by atoms with Gasteiger partial charge >= 0.3 is 6.09 Å². The number of rotatable bonds is 5.